The molecule has 0 aromatic heterocycles. The number of sulfone groups is 1. The van der Waals surface area contributed by atoms with Crippen LogP contribution in [0, 0.1) is 0 Å². The summed E-state index contributed by atoms with van der Waals surface area (Å²) in [5.74, 6) is 0.210. The van der Waals surface area contributed by atoms with Crippen molar-refractivity contribution < 1.29 is 17.9 Å². The van der Waals surface area contributed by atoms with E-state index in [1.54, 1.807) is 6.20 Å². The molecule has 0 radical (unpaired) electrons. The lowest BCUT2D eigenvalue weighted by Crippen LogP contribution is -2.40. The van der Waals surface area contributed by atoms with E-state index in [1.807, 2.05) is 0 Å². The Bertz CT molecular complexity index is 436. The van der Waals surface area contributed by atoms with E-state index in [9.17, 15) is 13.2 Å². The second-order valence-electron chi connectivity index (χ2n) is 4.63. The standard InChI is InChI=1S/C11H18N2O4S/c14-11(12-7-9-1-4-17-5-2-9)13-10-3-6-18(15,16)8-10/h7,10H,1-6,8H2,(H2,12,13,14). The van der Waals surface area contributed by atoms with Gasteiger partial charge in [-0.05, 0) is 24.8 Å². The van der Waals surface area contributed by atoms with Gasteiger partial charge in [-0.3, -0.25) is 0 Å². The molecule has 18 heavy (non-hydrogen) atoms. The fraction of sp³-hybridized carbons (Fsp3) is 0.727. The van der Waals surface area contributed by atoms with Crippen LogP contribution in [-0.2, 0) is 14.6 Å². The van der Waals surface area contributed by atoms with Crippen LogP contribution in [0.4, 0.5) is 4.79 Å². The van der Waals surface area contributed by atoms with Gasteiger partial charge in [0.2, 0.25) is 0 Å². The van der Waals surface area contributed by atoms with Crippen molar-refractivity contribution in [2.45, 2.75) is 25.3 Å². The van der Waals surface area contributed by atoms with E-state index in [0.717, 1.165) is 18.4 Å². The second kappa shape index (κ2) is 5.71. The van der Waals surface area contributed by atoms with Crippen LogP contribution in [-0.4, -0.2) is 45.2 Å². The minimum atomic E-state index is -2.95. The average Bonchev–Trinajstić information content (AvgIpc) is 2.67. The van der Waals surface area contributed by atoms with E-state index in [4.69, 9.17) is 4.74 Å². The fourth-order valence-corrected chi connectivity index (χ4v) is 3.75. The quantitative estimate of drug-likeness (QED) is 0.751. The van der Waals surface area contributed by atoms with Crippen molar-refractivity contribution in [2.24, 2.45) is 0 Å². The van der Waals surface area contributed by atoms with Crippen LogP contribution in [0.15, 0.2) is 11.8 Å². The first-order valence-electron chi connectivity index (χ1n) is 6.08. The SMILES string of the molecule is O=C(NC=C1CCOCC1)NC1CCS(=O)(=O)C1. The zero-order chi connectivity index (χ0) is 13.0. The molecule has 2 amide bonds. The lowest BCUT2D eigenvalue weighted by atomic mass is 10.1. The van der Waals surface area contributed by atoms with Crippen molar-refractivity contribution in [1.82, 2.24) is 10.6 Å². The van der Waals surface area contributed by atoms with Gasteiger partial charge in [0.15, 0.2) is 9.84 Å². The van der Waals surface area contributed by atoms with Crippen LogP contribution in [0.2, 0.25) is 0 Å². The number of urea groups is 1. The number of carbonyl (C=O) groups is 1. The lowest BCUT2D eigenvalue weighted by molar-refractivity contribution is 0.119. The van der Waals surface area contributed by atoms with Gasteiger partial charge in [0.25, 0.3) is 0 Å². The van der Waals surface area contributed by atoms with Crippen molar-refractivity contribution in [2.75, 3.05) is 24.7 Å². The van der Waals surface area contributed by atoms with E-state index in [2.05, 4.69) is 10.6 Å². The smallest absolute Gasteiger partial charge is 0.319 e. The van der Waals surface area contributed by atoms with Crippen LogP contribution in [0.1, 0.15) is 19.3 Å². The van der Waals surface area contributed by atoms with Gasteiger partial charge in [-0.2, -0.15) is 0 Å². The Morgan fingerprint density at radius 2 is 2.06 bits per heavy atom. The molecule has 2 saturated heterocycles. The van der Waals surface area contributed by atoms with Gasteiger partial charge in [0, 0.05) is 12.2 Å². The highest BCUT2D eigenvalue weighted by atomic mass is 32.2. The molecule has 2 N–H and O–H groups in total. The molecule has 6 nitrogen and oxygen atoms in total. The maximum Gasteiger partial charge on any atom is 0.319 e. The number of hydrogen-bond acceptors (Lipinski definition) is 4. The molecule has 2 rings (SSSR count). The zero-order valence-corrected chi connectivity index (χ0v) is 11.0. The summed E-state index contributed by atoms with van der Waals surface area (Å²) in [6, 6.07) is -0.598. The molecule has 0 spiro atoms. The van der Waals surface area contributed by atoms with Crippen LogP contribution >= 0.6 is 0 Å². The first kappa shape index (κ1) is 13.4. The van der Waals surface area contributed by atoms with E-state index in [1.165, 1.54) is 0 Å². The van der Waals surface area contributed by atoms with Crippen LogP contribution in [0.3, 0.4) is 0 Å². The van der Waals surface area contributed by atoms with Gasteiger partial charge in [0.1, 0.15) is 0 Å². The van der Waals surface area contributed by atoms with Crippen molar-refractivity contribution in [1.29, 1.82) is 0 Å². The van der Waals surface area contributed by atoms with Crippen LogP contribution in [0.25, 0.3) is 0 Å². The number of nitrogens with one attached hydrogen (secondary N) is 2. The summed E-state index contributed by atoms with van der Waals surface area (Å²) in [5, 5.41) is 5.31. The highest BCUT2D eigenvalue weighted by Gasteiger charge is 2.28. The monoisotopic (exact) mass is 274 g/mol. The van der Waals surface area contributed by atoms with Crippen molar-refractivity contribution in [3.63, 3.8) is 0 Å². The molecule has 2 aliphatic heterocycles. The van der Waals surface area contributed by atoms with Gasteiger partial charge in [-0.25, -0.2) is 13.2 Å². The molecule has 2 fully saturated rings. The molecule has 7 heteroatoms. The summed E-state index contributed by atoms with van der Waals surface area (Å²) in [6.07, 6.45) is 3.86. The van der Waals surface area contributed by atoms with E-state index < -0.39 is 9.84 Å². The predicted octanol–water partition coefficient (Wildman–Crippen LogP) is 0.167. The largest absolute Gasteiger partial charge is 0.381 e. The highest BCUT2D eigenvalue weighted by Crippen LogP contribution is 2.12. The first-order valence-corrected chi connectivity index (χ1v) is 7.90. The molecular formula is C11H18N2O4S. The molecular weight excluding hydrogens is 256 g/mol. The Labute approximate surface area is 107 Å². The molecule has 102 valence electrons. The molecule has 0 aromatic carbocycles. The normalized spacial score (nSPS) is 26.7. The number of hydrogen-bond donors (Lipinski definition) is 2. The molecule has 0 aromatic rings. The second-order valence-corrected chi connectivity index (χ2v) is 6.86. The number of rotatable bonds is 2. The Morgan fingerprint density at radius 1 is 1.33 bits per heavy atom. The van der Waals surface area contributed by atoms with Gasteiger partial charge in [-0.1, -0.05) is 0 Å². The zero-order valence-electron chi connectivity index (χ0n) is 10.1. The van der Waals surface area contributed by atoms with Gasteiger partial charge in [0.05, 0.1) is 24.7 Å². The molecule has 0 saturated carbocycles. The third kappa shape index (κ3) is 3.99. The topological polar surface area (TPSA) is 84.5 Å². The van der Waals surface area contributed by atoms with Crippen molar-refractivity contribution in [3.8, 4) is 0 Å². The Morgan fingerprint density at radius 3 is 2.67 bits per heavy atom. The summed E-state index contributed by atoms with van der Waals surface area (Å²) in [5.41, 5.74) is 1.15. The summed E-state index contributed by atoms with van der Waals surface area (Å²) in [7, 11) is -2.95. The summed E-state index contributed by atoms with van der Waals surface area (Å²) in [4.78, 5) is 11.6. The predicted molar refractivity (Wildman–Crippen MR) is 66.9 cm³/mol. The van der Waals surface area contributed by atoms with E-state index in [0.29, 0.717) is 19.6 Å². The third-order valence-corrected chi connectivity index (χ3v) is 4.88. The fourth-order valence-electron chi connectivity index (χ4n) is 2.08. The third-order valence-electron chi connectivity index (χ3n) is 3.11. The summed E-state index contributed by atoms with van der Waals surface area (Å²) in [6.45, 7) is 1.38. The Balaban J connectivity index is 1.75. The minimum Gasteiger partial charge on any atom is -0.381 e. The van der Waals surface area contributed by atoms with Gasteiger partial charge in [-0.15, -0.1) is 0 Å². The molecule has 2 heterocycles. The van der Waals surface area contributed by atoms with Gasteiger partial charge >= 0.3 is 6.03 Å². The summed E-state index contributed by atoms with van der Waals surface area (Å²) < 4.78 is 27.7. The van der Waals surface area contributed by atoms with E-state index >= 15 is 0 Å². The Hall–Kier alpha value is -1.08. The average molecular weight is 274 g/mol. The first-order chi connectivity index (χ1) is 8.55. The van der Waals surface area contributed by atoms with E-state index in [-0.39, 0.29) is 23.6 Å². The van der Waals surface area contributed by atoms with Gasteiger partial charge < -0.3 is 15.4 Å². The minimum absolute atomic E-state index is 0.0465. The lowest BCUT2D eigenvalue weighted by Gasteiger charge is -2.15. The van der Waals surface area contributed by atoms with Crippen LogP contribution in [0.5, 0.6) is 0 Å². The molecule has 1 unspecified atom stereocenters. The molecule has 2 aliphatic rings. The number of ether oxygens (including phenoxy) is 1. The maximum atomic E-state index is 11.6. The number of amides is 2. The number of carbonyl (C=O) groups excluding carboxylic acids is 1. The molecule has 1 atom stereocenters. The molecule has 0 bridgehead atoms. The Kier molecular flexibility index (Phi) is 4.23. The summed E-state index contributed by atoms with van der Waals surface area (Å²) >= 11 is 0. The van der Waals surface area contributed by atoms with Crippen molar-refractivity contribution in [3.05, 3.63) is 11.8 Å². The van der Waals surface area contributed by atoms with Crippen LogP contribution < -0.4 is 10.6 Å². The maximum absolute atomic E-state index is 11.6. The molecule has 0 aliphatic carbocycles. The van der Waals surface area contributed by atoms with Crippen molar-refractivity contribution >= 4 is 15.9 Å². The highest BCUT2D eigenvalue weighted by molar-refractivity contribution is 7.91.